The number of aliphatic imine (C=N–C) groups is 2. The molecule has 6 heteroatoms. The zero-order valence-electron chi connectivity index (χ0n) is 21.3. The molecule has 1 fully saturated rings. The molecule has 0 spiro atoms. The quantitative estimate of drug-likeness (QED) is 0.182. The second kappa shape index (κ2) is 15.0. The average Bonchev–Trinajstić information content (AvgIpc) is 2.89. The molecule has 0 unspecified atom stereocenters. The first-order chi connectivity index (χ1) is 16.7. The van der Waals surface area contributed by atoms with Gasteiger partial charge < -0.3 is 14.4 Å². The second-order valence-electron chi connectivity index (χ2n) is 8.03. The summed E-state index contributed by atoms with van der Waals surface area (Å²) in [6.07, 6.45) is 19.1. The molecule has 184 valence electrons. The molecule has 34 heavy (non-hydrogen) atoms. The van der Waals surface area contributed by atoms with Crippen LogP contribution in [0.15, 0.2) is 40.0 Å². The van der Waals surface area contributed by atoms with Crippen molar-refractivity contribution in [2.24, 2.45) is 9.98 Å². The van der Waals surface area contributed by atoms with Gasteiger partial charge in [-0.1, -0.05) is 32.1 Å². The summed E-state index contributed by atoms with van der Waals surface area (Å²) in [5.41, 5.74) is 3.51. The monoisotopic (exact) mass is 465 g/mol. The van der Waals surface area contributed by atoms with Crippen LogP contribution in [0.5, 0.6) is 0 Å². The summed E-state index contributed by atoms with van der Waals surface area (Å²) in [7, 11) is 5.42. The molecule has 1 saturated heterocycles. The van der Waals surface area contributed by atoms with Crippen molar-refractivity contribution in [3.05, 3.63) is 51.6 Å². The number of benzene rings is 1. The highest BCUT2D eigenvalue weighted by Crippen LogP contribution is 2.17. The van der Waals surface area contributed by atoms with Gasteiger partial charge in [-0.2, -0.15) is 0 Å². The van der Waals surface area contributed by atoms with Crippen molar-refractivity contribution >= 4 is 36.7 Å². The number of carbonyl (C=O) groups excluding carboxylic acids is 1. The molecule has 6 nitrogen and oxygen atoms in total. The van der Waals surface area contributed by atoms with Crippen LogP contribution in [0.1, 0.15) is 55.5 Å². The normalized spacial score (nSPS) is 16.6. The first-order valence-corrected chi connectivity index (χ1v) is 12.1. The van der Waals surface area contributed by atoms with Crippen molar-refractivity contribution in [3.8, 4) is 0 Å². The van der Waals surface area contributed by atoms with E-state index in [2.05, 4.69) is 22.0 Å². The van der Waals surface area contributed by atoms with Crippen LogP contribution in [0.3, 0.4) is 0 Å². The number of hydrogen-bond donors (Lipinski definition) is 0. The summed E-state index contributed by atoms with van der Waals surface area (Å²) in [4.78, 5) is 23.2. The van der Waals surface area contributed by atoms with Crippen LogP contribution >= 0.6 is 0 Å². The van der Waals surface area contributed by atoms with E-state index in [0.717, 1.165) is 72.4 Å². The molecule has 1 aromatic rings. The summed E-state index contributed by atoms with van der Waals surface area (Å²) in [5.74, 6) is 0. The van der Waals surface area contributed by atoms with Crippen molar-refractivity contribution in [3.63, 3.8) is 0 Å². The lowest BCUT2D eigenvalue weighted by Crippen LogP contribution is -2.36. The molecule has 0 amide bonds. The Morgan fingerprint density at radius 2 is 1.91 bits per heavy atom. The SMILES string of the molecule is CC.CN=C/C(=C\C=C\OC)Cc1cc(C=O)c(N=CN(C)C2CCOCC2)c2c1=CCCC=2. The maximum atomic E-state index is 12.0. The van der Waals surface area contributed by atoms with Gasteiger partial charge in [0, 0.05) is 50.3 Å². The summed E-state index contributed by atoms with van der Waals surface area (Å²) >= 11 is 0. The van der Waals surface area contributed by atoms with E-state index in [1.807, 2.05) is 51.7 Å². The molecule has 1 aliphatic carbocycles. The maximum absolute atomic E-state index is 12.0. The molecule has 1 heterocycles. The Bertz CT molecular complexity index is 1030. The molecule has 0 radical (unpaired) electrons. The van der Waals surface area contributed by atoms with Crippen LogP contribution in [0.2, 0.25) is 0 Å². The zero-order valence-corrected chi connectivity index (χ0v) is 21.3. The number of rotatable bonds is 9. The van der Waals surface area contributed by atoms with Crippen LogP contribution in [-0.2, 0) is 15.9 Å². The van der Waals surface area contributed by atoms with E-state index in [-0.39, 0.29) is 0 Å². The van der Waals surface area contributed by atoms with Crippen molar-refractivity contribution in [1.82, 2.24) is 4.90 Å². The fraction of sp³-hybridized carbons (Fsp3) is 0.464. The summed E-state index contributed by atoms with van der Waals surface area (Å²) in [5, 5.41) is 2.21. The molecule has 3 rings (SSSR count). The number of aldehydes is 1. The average molecular weight is 466 g/mol. The number of ether oxygens (including phenoxy) is 2. The Morgan fingerprint density at radius 1 is 1.21 bits per heavy atom. The van der Waals surface area contributed by atoms with Gasteiger partial charge >= 0.3 is 0 Å². The van der Waals surface area contributed by atoms with E-state index in [4.69, 9.17) is 14.5 Å². The van der Waals surface area contributed by atoms with Gasteiger partial charge in [-0.15, -0.1) is 0 Å². The second-order valence-corrected chi connectivity index (χ2v) is 8.03. The first kappa shape index (κ1) is 27.3. The number of allylic oxidation sites excluding steroid dienone is 3. The van der Waals surface area contributed by atoms with E-state index < -0.39 is 0 Å². The molecule has 0 aromatic heterocycles. The first-order valence-electron chi connectivity index (χ1n) is 12.1. The van der Waals surface area contributed by atoms with Crippen LogP contribution < -0.4 is 10.4 Å². The Kier molecular flexibility index (Phi) is 12.0. The Morgan fingerprint density at radius 3 is 2.56 bits per heavy atom. The fourth-order valence-corrected chi connectivity index (χ4v) is 4.18. The predicted molar refractivity (Wildman–Crippen MR) is 143 cm³/mol. The highest BCUT2D eigenvalue weighted by molar-refractivity contribution is 5.86. The van der Waals surface area contributed by atoms with E-state index in [1.54, 1.807) is 20.4 Å². The van der Waals surface area contributed by atoms with Gasteiger partial charge in [0.2, 0.25) is 0 Å². The molecule has 0 saturated carbocycles. The van der Waals surface area contributed by atoms with E-state index in [9.17, 15) is 4.79 Å². The number of carbonyl (C=O) groups is 1. The van der Waals surface area contributed by atoms with Gasteiger partial charge in [0.25, 0.3) is 0 Å². The van der Waals surface area contributed by atoms with Crippen LogP contribution in [0.4, 0.5) is 5.69 Å². The number of fused-ring (bicyclic) bond motifs is 1. The molecular weight excluding hydrogens is 426 g/mol. The van der Waals surface area contributed by atoms with Gasteiger partial charge in [-0.3, -0.25) is 9.79 Å². The van der Waals surface area contributed by atoms with Crippen LogP contribution in [0, 0.1) is 0 Å². The highest BCUT2D eigenvalue weighted by Gasteiger charge is 2.17. The molecule has 0 bridgehead atoms. The molecule has 0 atom stereocenters. The molecule has 2 aliphatic rings. The zero-order chi connectivity index (χ0) is 24.8. The smallest absolute Gasteiger partial charge is 0.152 e. The minimum absolute atomic E-state index is 0.416. The molecule has 0 N–H and O–H groups in total. The van der Waals surface area contributed by atoms with Crippen molar-refractivity contribution in [1.29, 1.82) is 0 Å². The highest BCUT2D eigenvalue weighted by atomic mass is 16.5. The topological polar surface area (TPSA) is 63.5 Å². The van der Waals surface area contributed by atoms with Gasteiger partial charge in [0.05, 0.1) is 25.4 Å². The van der Waals surface area contributed by atoms with Crippen molar-refractivity contribution < 1.29 is 14.3 Å². The number of hydrogen-bond acceptors (Lipinski definition) is 5. The van der Waals surface area contributed by atoms with Crippen LogP contribution in [-0.4, -0.2) is 64.2 Å². The lowest BCUT2D eigenvalue weighted by Gasteiger charge is -2.29. The third-order valence-corrected chi connectivity index (χ3v) is 5.84. The van der Waals surface area contributed by atoms with Gasteiger partial charge in [0.15, 0.2) is 6.29 Å². The Labute approximate surface area is 204 Å². The lowest BCUT2D eigenvalue weighted by molar-refractivity contribution is 0.0616. The Balaban J connectivity index is 0.00000199. The van der Waals surface area contributed by atoms with Gasteiger partial charge in [-0.25, -0.2) is 4.99 Å². The minimum atomic E-state index is 0.416. The molecule has 1 aliphatic heterocycles. The van der Waals surface area contributed by atoms with Crippen LogP contribution in [0.25, 0.3) is 12.2 Å². The Hall–Kier alpha value is -2.99. The number of methoxy groups -OCH3 is 1. The summed E-state index contributed by atoms with van der Waals surface area (Å²) in [6, 6.07) is 2.39. The third kappa shape index (κ3) is 7.52. The fourth-order valence-electron chi connectivity index (χ4n) is 4.18. The standard InChI is InChI=1S/C26H33N3O3.C2H6/c1-27-17-20(7-6-12-31-3)15-21-16-22(18-30)26(25-9-5-4-8-24(21)25)28-19-29(2)23-10-13-32-14-11-23;1-2/h6-9,12,16-19,23H,4-5,10-11,13-15H2,1-3H3;1-2H3/b12-6+,20-7-,27-17?,28-19?;. The van der Waals surface area contributed by atoms with Gasteiger partial charge in [0.1, 0.15) is 0 Å². The predicted octanol–water partition coefficient (Wildman–Crippen LogP) is 3.98. The largest absolute Gasteiger partial charge is 0.504 e. The lowest BCUT2D eigenvalue weighted by atomic mass is 9.94. The van der Waals surface area contributed by atoms with Crippen molar-refractivity contribution in [2.75, 3.05) is 34.4 Å². The van der Waals surface area contributed by atoms with Gasteiger partial charge in [-0.05, 0) is 60.6 Å². The third-order valence-electron chi connectivity index (χ3n) is 5.84. The maximum Gasteiger partial charge on any atom is 0.152 e. The summed E-state index contributed by atoms with van der Waals surface area (Å²) < 4.78 is 10.5. The molecular formula is C28H39N3O3. The number of nitrogens with zero attached hydrogens (tertiary/aromatic N) is 3. The van der Waals surface area contributed by atoms with E-state index in [0.29, 0.717) is 18.0 Å². The minimum Gasteiger partial charge on any atom is -0.504 e. The van der Waals surface area contributed by atoms with E-state index in [1.165, 1.54) is 0 Å². The van der Waals surface area contributed by atoms with E-state index >= 15 is 0 Å². The van der Waals surface area contributed by atoms with Crippen molar-refractivity contribution in [2.45, 2.75) is 52.0 Å². The molecule has 1 aromatic carbocycles. The summed E-state index contributed by atoms with van der Waals surface area (Å²) in [6.45, 7) is 5.57.